The van der Waals surface area contributed by atoms with E-state index in [-0.39, 0.29) is 16.9 Å². The molecule has 9 nitrogen and oxygen atoms in total. The molecule has 3 rings (SSSR count). The number of methoxy groups -OCH3 is 1. The minimum atomic E-state index is -4.06. The Bertz CT molecular complexity index is 1250. The van der Waals surface area contributed by atoms with E-state index in [0.29, 0.717) is 22.7 Å². The Morgan fingerprint density at radius 3 is 2.71 bits per heavy atom. The van der Waals surface area contributed by atoms with Gasteiger partial charge in [-0.2, -0.15) is 16.5 Å². The number of benzene rings is 2. The normalized spacial score (nSPS) is 12.6. The first-order valence-corrected chi connectivity index (χ1v) is 12.2. The number of fused-ring (bicyclic) bond motifs is 1. The van der Waals surface area contributed by atoms with E-state index >= 15 is 0 Å². The number of anilines is 1. The van der Waals surface area contributed by atoms with Crippen LogP contribution in [0.15, 0.2) is 56.6 Å². The third kappa shape index (κ3) is 5.12. The molecule has 0 unspecified atom stereocenters. The molecule has 31 heavy (non-hydrogen) atoms. The smallest absolute Gasteiger partial charge is 0.419 e. The van der Waals surface area contributed by atoms with Crippen LogP contribution < -0.4 is 20.5 Å². The monoisotopic (exact) mass is 465 g/mol. The summed E-state index contributed by atoms with van der Waals surface area (Å²) < 4.78 is 40.0. The molecule has 1 aromatic heterocycles. The van der Waals surface area contributed by atoms with Crippen molar-refractivity contribution < 1.29 is 22.4 Å². The zero-order valence-electron chi connectivity index (χ0n) is 17.2. The number of aromatic nitrogens is 1. The van der Waals surface area contributed by atoms with E-state index in [1.165, 1.54) is 48.7 Å². The molecule has 0 saturated carbocycles. The second-order valence-electron chi connectivity index (χ2n) is 6.70. The fourth-order valence-electron chi connectivity index (χ4n) is 2.98. The number of nitrogens with one attached hydrogen (secondary N) is 2. The minimum absolute atomic E-state index is 0.103. The third-order valence-corrected chi connectivity index (χ3v) is 6.78. The summed E-state index contributed by atoms with van der Waals surface area (Å²) in [5.41, 5.74) is 1.06. The molecule has 0 radical (unpaired) electrons. The maximum Gasteiger partial charge on any atom is 0.419 e. The zero-order chi connectivity index (χ0) is 22.6. The van der Waals surface area contributed by atoms with Crippen LogP contribution in [0.5, 0.6) is 5.75 Å². The molecule has 0 fully saturated rings. The lowest BCUT2D eigenvalue weighted by Gasteiger charge is -2.19. The molecule has 1 amide bonds. The summed E-state index contributed by atoms with van der Waals surface area (Å²) in [6.07, 6.45) is 2.15. The van der Waals surface area contributed by atoms with E-state index < -0.39 is 27.7 Å². The minimum Gasteiger partial charge on any atom is -0.495 e. The molecular formula is C20H23N3O6S2. The standard InChI is InChI=1S/C20H23N3O6S2/c1-23-16-9-8-13(12-18(16)29-20(23)25)31(26,27)22-15(10-11-30-3)19(24)21-14-6-4-5-7-17(14)28-2/h4-9,12,15,22H,10-11H2,1-3H3,(H,21,24)/t15-/m1/s1. The van der Waals surface area contributed by atoms with Gasteiger partial charge in [0.2, 0.25) is 15.9 Å². The first-order chi connectivity index (χ1) is 14.8. The van der Waals surface area contributed by atoms with E-state index in [4.69, 9.17) is 9.15 Å². The molecule has 1 heterocycles. The number of ether oxygens (including phenoxy) is 1. The molecular weight excluding hydrogens is 442 g/mol. The first kappa shape index (κ1) is 22.9. The Morgan fingerprint density at radius 1 is 1.26 bits per heavy atom. The average Bonchev–Trinajstić information content (AvgIpc) is 3.04. The highest BCUT2D eigenvalue weighted by Gasteiger charge is 2.27. The number of aryl methyl sites for hydroxylation is 1. The molecule has 0 spiro atoms. The molecule has 0 bridgehead atoms. The number of nitrogens with zero attached hydrogens (tertiary/aromatic N) is 1. The largest absolute Gasteiger partial charge is 0.495 e. The maximum absolute atomic E-state index is 13.0. The van der Waals surface area contributed by atoms with Crippen molar-refractivity contribution in [1.29, 1.82) is 0 Å². The Labute approximate surface area is 183 Å². The molecule has 1 atom stereocenters. The van der Waals surface area contributed by atoms with Gasteiger partial charge in [0, 0.05) is 13.1 Å². The third-order valence-electron chi connectivity index (χ3n) is 4.66. The number of amides is 1. The summed E-state index contributed by atoms with van der Waals surface area (Å²) in [6, 6.07) is 9.97. The van der Waals surface area contributed by atoms with Crippen LogP contribution in [-0.2, 0) is 21.9 Å². The Hall–Kier alpha value is -2.76. The fourth-order valence-corrected chi connectivity index (χ4v) is 4.70. The van der Waals surface area contributed by atoms with Crippen LogP contribution in [0.25, 0.3) is 11.1 Å². The van der Waals surface area contributed by atoms with Gasteiger partial charge in [-0.15, -0.1) is 0 Å². The fraction of sp³-hybridized carbons (Fsp3) is 0.300. The lowest BCUT2D eigenvalue weighted by atomic mass is 10.2. The molecule has 0 aliphatic heterocycles. The van der Waals surface area contributed by atoms with Crippen molar-refractivity contribution in [2.45, 2.75) is 17.4 Å². The molecule has 166 valence electrons. The molecule has 2 N–H and O–H groups in total. The number of thioether (sulfide) groups is 1. The van der Waals surface area contributed by atoms with Crippen molar-refractivity contribution in [1.82, 2.24) is 9.29 Å². The second-order valence-corrected chi connectivity index (χ2v) is 9.40. The van der Waals surface area contributed by atoms with Crippen LogP contribution in [0.1, 0.15) is 6.42 Å². The van der Waals surface area contributed by atoms with Crippen LogP contribution >= 0.6 is 11.8 Å². The number of carbonyl (C=O) groups is 1. The summed E-state index contributed by atoms with van der Waals surface area (Å²) >= 11 is 1.50. The van der Waals surface area contributed by atoms with Crippen LogP contribution in [-0.4, -0.2) is 44.1 Å². The van der Waals surface area contributed by atoms with E-state index in [9.17, 15) is 18.0 Å². The van der Waals surface area contributed by atoms with Gasteiger partial charge in [0.05, 0.1) is 23.2 Å². The topological polar surface area (TPSA) is 120 Å². The van der Waals surface area contributed by atoms with Gasteiger partial charge < -0.3 is 14.5 Å². The number of para-hydroxylation sites is 2. The number of hydrogen-bond acceptors (Lipinski definition) is 7. The van der Waals surface area contributed by atoms with Crippen LogP contribution in [0.4, 0.5) is 5.69 Å². The Balaban J connectivity index is 1.86. The summed E-state index contributed by atoms with van der Waals surface area (Å²) in [6.45, 7) is 0. The number of oxazole rings is 1. The van der Waals surface area contributed by atoms with Gasteiger partial charge in [-0.25, -0.2) is 13.2 Å². The quantitative estimate of drug-likeness (QED) is 0.497. The molecule has 0 aliphatic rings. The molecule has 3 aromatic rings. The van der Waals surface area contributed by atoms with Gasteiger partial charge in [-0.05, 0) is 42.7 Å². The van der Waals surface area contributed by atoms with Gasteiger partial charge in [0.1, 0.15) is 11.8 Å². The molecule has 11 heteroatoms. The van der Waals surface area contributed by atoms with Crippen molar-refractivity contribution in [2.24, 2.45) is 7.05 Å². The molecule has 0 aliphatic carbocycles. The van der Waals surface area contributed by atoms with E-state index in [1.54, 1.807) is 24.3 Å². The SMILES string of the molecule is COc1ccccc1NC(=O)[C@@H](CCSC)NS(=O)(=O)c1ccc2c(c1)oc(=O)n2C. The maximum atomic E-state index is 13.0. The summed E-state index contributed by atoms with van der Waals surface area (Å²) in [5, 5.41) is 2.72. The summed E-state index contributed by atoms with van der Waals surface area (Å²) in [7, 11) is -1.05. The van der Waals surface area contributed by atoms with Crippen LogP contribution in [0.3, 0.4) is 0 Å². The Morgan fingerprint density at radius 2 is 2.00 bits per heavy atom. The Kier molecular flexibility index (Phi) is 7.08. The van der Waals surface area contributed by atoms with Gasteiger partial charge in [-0.1, -0.05) is 12.1 Å². The highest BCUT2D eigenvalue weighted by molar-refractivity contribution is 7.98. The number of rotatable bonds is 9. The lowest BCUT2D eigenvalue weighted by molar-refractivity contribution is -0.117. The van der Waals surface area contributed by atoms with Crippen molar-refractivity contribution >= 4 is 44.5 Å². The van der Waals surface area contributed by atoms with Crippen LogP contribution in [0, 0.1) is 0 Å². The molecule has 0 saturated heterocycles. The van der Waals surface area contributed by atoms with Gasteiger partial charge in [0.15, 0.2) is 5.58 Å². The summed E-state index contributed by atoms with van der Waals surface area (Å²) in [4.78, 5) is 24.5. The second kappa shape index (κ2) is 9.58. The van der Waals surface area contributed by atoms with Crippen molar-refractivity contribution in [3.05, 3.63) is 53.0 Å². The average molecular weight is 466 g/mol. The van der Waals surface area contributed by atoms with Crippen molar-refractivity contribution in [3.63, 3.8) is 0 Å². The predicted octanol–water partition coefficient (Wildman–Crippen LogP) is 2.18. The van der Waals surface area contributed by atoms with Crippen molar-refractivity contribution in [3.8, 4) is 5.75 Å². The molecule has 2 aromatic carbocycles. The lowest BCUT2D eigenvalue weighted by Crippen LogP contribution is -2.44. The van der Waals surface area contributed by atoms with Gasteiger partial charge >= 0.3 is 5.76 Å². The predicted molar refractivity (Wildman–Crippen MR) is 120 cm³/mol. The van der Waals surface area contributed by atoms with Gasteiger partial charge in [0.25, 0.3) is 0 Å². The number of sulfonamides is 1. The first-order valence-electron chi connectivity index (χ1n) is 9.31. The van der Waals surface area contributed by atoms with E-state index in [1.807, 2.05) is 6.26 Å². The van der Waals surface area contributed by atoms with E-state index in [0.717, 1.165) is 0 Å². The van der Waals surface area contributed by atoms with E-state index in [2.05, 4.69) is 10.0 Å². The van der Waals surface area contributed by atoms with Gasteiger partial charge in [-0.3, -0.25) is 9.36 Å². The summed E-state index contributed by atoms with van der Waals surface area (Å²) in [5.74, 6) is -0.0630. The van der Waals surface area contributed by atoms with Crippen LogP contribution in [0.2, 0.25) is 0 Å². The number of carbonyl (C=O) groups excluding carboxylic acids is 1. The number of hydrogen-bond donors (Lipinski definition) is 2. The van der Waals surface area contributed by atoms with Crippen molar-refractivity contribution in [2.75, 3.05) is 24.4 Å². The highest BCUT2D eigenvalue weighted by Crippen LogP contribution is 2.24. The zero-order valence-corrected chi connectivity index (χ0v) is 18.9. The highest BCUT2D eigenvalue weighted by atomic mass is 32.2.